The number of nitrogens with one attached hydrogen (secondary N) is 1. The lowest BCUT2D eigenvalue weighted by molar-refractivity contribution is 0.101. The Labute approximate surface area is 184 Å². The van der Waals surface area contributed by atoms with Crippen LogP contribution < -0.4 is 5.56 Å². The van der Waals surface area contributed by atoms with Gasteiger partial charge in [-0.2, -0.15) is 5.26 Å². The lowest BCUT2D eigenvalue weighted by atomic mass is 9.98. The van der Waals surface area contributed by atoms with Crippen molar-refractivity contribution in [3.8, 4) is 23.1 Å². The predicted molar refractivity (Wildman–Crippen MR) is 125 cm³/mol. The average Bonchev–Trinajstić information content (AvgIpc) is 2.80. The minimum absolute atomic E-state index is 0.00864. The lowest BCUT2D eigenvalue weighted by Crippen LogP contribution is -2.08. The Morgan fingerprint density at radius 1 is 1.03 bits per heavy atom. The van der Waals surface area contributed by atoms with Crippen LogP contribution in [0.3, 0.4) is 0 Å². The summed E-state index contributed by atoms with van der Waals surface area (Å²) in [5.74, 6) is -0.276. The molecule has 0 unspecified atom stereocenters. The van der Waals surface area contributed by atoms with Crippen molar-refractivity contribution in [3.63, 3.8) is 0 Å². The average molecular weight is 421 g/mol. The third kappa shape index (κ3) is 4.18. The van der Waals surface area contributed by atoms with Gasteiger partial charge in [0.15, 0.2) is 5.78 Å². The first-order chi connectivity index (χ1) is 15.5. The summed E-state index contributed by atoms with van der Waals surface area (Å²) in [6.45, 7) is 1.52. The Morgan fingerprint density at radius 2 is 1.72 bits per heavy atom. The number of ketones is 1. The van der Waals surface area contributed by atoms with Gasteiger partial charge in [0.1, 0.15) is 0 Å². The topological polar surface area (TPSA) is 106 Å². The second-order valence-electron chi connectivity index (χ2n) is 7.37. The number of nitriles is 1. The monoisotopic (exact) mass is 421 g/mol. The summed E-state index contributed by atoms with van der Waals surface area (Å²) in [4.78, 5) is 30.8. The predicted octanol–water partition coefficient (Wildman–Crippen LogP) is 4.92. The fourth-order valence-corrected chi connectivity index (χ4v) is 3.47. The highest BCUT2D eigenvalue weighted by molar-refractivity contribution is 6.03. The van der Waals surface area contributed by atoms with Crippen LogP contribution in [0.4, 0.5) is 5.69 Å². The van der Waals surface area contributed by atoms with Crippen molar-refractivity contribution in [2.24, 2.45) is 4.99 Å². The maximum atomic E-state index is 12.4. The zero-order valence-electron chi connectivity index (χ0n) is 17.3. The number of rotatable bonds is 5. The standard InChI is InChI=1S/C26H19N3O3/c1-16(30)18-4-6-19(7-5-18)20-8-11-22-23(14-20)24(26(32)29-25(22)31)15-28-21-9-2-17(3-10-21)12-13-27/h2-11,14-15H,12H2,1H3,(H2,29,31,32). The summed E-state index contributed by atoms with van der Waals surface area (Å²) in [6.07, 6.45) is 1.83. The molecule has 0 aliphatic heterocycles. The highest BCUT2D eigenvalue weighted by Crippen LogP contribution is 2.28. The largest absolute Gasteiger partial charge is 0.494 e. The van der Waals surface area contributed by atoms with Gasteiger partial charge in [-0.05, 0) is 47.9 Å². The van der Waals surface area contributed by atoms with Crippen LogP contribution in [-0.4, -0.2) is 22.1 Å². The molecule has 0 aliphatic rings. The van der Waals surface area contributed by atoms with E-state index < -0.39 is 5.56 Å². The van der Waals surface area contributed by atoms with Crippen molar-refractivity contribution in [1.29, 1.82) is 5.26 Å². The molecule has 2 N–H and O–H groups in total. The molecule has 0 atom stereocenters. The molecule has 0 saturated heterocycles. The SMILES string of the molecule is CC(=O)c1ccc(-c2ccc3c(=O)[nH]c(O)c(C=Nc4ccc(CC#N)cc4)c3c2)cc1. The lowest BCUT2D eigenvalue weighted by Gasteiger charge is -2.08. The minimum Gasteiger partial charge on any atom is -0.494 e. The second kappa shape index (κ2) is 8.70. The van der Waals surface area contributed by atoms with Crippen molar-refractivity contribution < 1.29 is 9.90 Å². The van der Waals surface area contributed by atoms with Gasteiger partial charge in [0.2, 0.25) is 5.88 Å². The number of hydrogen-bond donors (Lipinski definition) is 2. The summed E-state index contributed by atoms with van der Waals surface area (Å²) in [5.41, 5.74) is 3.89. The van der Waals surface area contributed by atoms with Gasteiger partial charge in [0.05, 0.1) is 23.7 Å². The summed E-state index contributed by atoms with van der Waals surface area (Å²) in [5, 5.41) is 20.2. The molecule has 3 aromatic carbocycles. The highest BCUT2D eigenvalue weighted by atomic mass is 16.3. The quantitative estimate of drug-likeness (QED) is 0.352. The van der Waals surface area contributed by atoms with Crippen molar-refractivity contribution >= 4 is 28.5 Å². The van der Waals surface area contributed by atoms with Gasteiger partial charge in [-0.15, -0.1) is 0 Å². The molecule has 0 fully saturated rings. The molecular weight excluding hydrogens is 402 g/mol. The van der Waals surface area contributed by atoms with Crippen molar-refractivity contribution in [1.82, 2.24) is 4.98 Å². The van der Waals surface area contributed by atoms with Crippen LogP contribution in [-0.2, 0) is 6.42 Å². The summed E-state index contributed by atoms with van der Waals surface area (Å²) >= 11 is 0. The van der Waals surface area contributed by atoms with E-state index in [2.05, 4.69) is 16.0 Å². The molecule has 32 heavy (non-hydrogen) atoms. The maximum Gasteiger partial charge on any atom is 0.258 e. The number of hydrogen-bond acceptors (Lipinski definition) is 5. The molecular formula is C26H19N3O3. The van der Waals surface area contributed by atoms with Crippen LogP contribution in [0.5, 0.6) is 5.88 Å². The number of aromatic hydroxyl groups is 1. The van der Waals surface area contributed by atoms with Gasteiger partial charge in [-0.25, -0.2) is 0 Å². The second-order valence-corrected chi connectivity index (χ2v) is 7.37. The van der Waals surface area contributed by atoms with Crippen LogP contribution in [0.2, 0.25) is 0 Å². The third-order valence-electron chi connectivity index (χ3n) is 5.23. The van der Waals surface area contributed by atoms with Gasteiger partial charge < -0.3 is 5.11 Å². The Morgan fingerprint density at radius 3 is 2.38 bits per heavy atom. The normalized spacial score (nSPS) is 11.0. The maximum absolute atomic E-state index is 12.4. The molecule has 0 amide bonds. The van der Waals surface area contributed by atoms with E-state index in [1.807, 2.05) is 36.4 Å². The molecule has 156 valence electrons. The number of H-pyrrole nitrogens is 1. The molecule has 6 heteroatoms. The van der Waals surface area contributed by atoms with Crippen molar-refractivity contribution in [3.05, 3.63) is 93.8 Å². The van der Waals surface area contributed by atoms with Gasteiger partial charge >= 0.3 is 0 Å². The van der Waals surface area contributed by atoms with Gasteiger partial charge in [-0.3, -0.25) is 19.6 Å². The van der Waals surface area contributed by atoms with Crippen LogP contribution in [0.15, 0.2) is 76.5 Å². The number of carbonyl (C=O) groups excluding carboxylic acids is 1. The molecule has 4 rings (SSSR count). The first-order valence-corrected chi connectivity index (χ1v) is 9.96. The van der Waals surface area contributed by atoms with E-state index >= 15 is 0 Å². The van der Waals surface area contributed by atoms with Crippen LogP contribution in [0, 0.1) is 11.3 Å². The smallest absolute Gasteiger partial charge is 0.258 e. The van der Waals surface area contributed by atoms with Gasteiger partial charge in [0, 0.05) is 22.6 Å². The zero-order valence-corrected chi connectivity index (χ0v) is 17.3. The summed E-state index contributed by atoms with van der Waals surface area (Å²) in [7, 11) is 0. The number of aromatic amines is 1. The molecule has 1 heterocycles. The molecule has 0 radical (unpaired) electrons. The van der Waals surface area contributed by atoms with Crippen molar-refractivity contribution in [2.45, 2.75) is 13.3 Å². The van der Waals surface area contributed by atoms with E-state index in [0.29, 0.717) is 34.0 Å². The third-order valence-corrected chi connectivity index (χ3v) is 5.23. The van der Waals surface area contributed by atoms with Crippen molar-refractivity contribution in [2.75, 3.05) is 0 Å². The number of aliphatic imine (C=N–C) groups is 1. The number of nitrogens with zero attached hydrogens (tertiary/aromatic N) is 2. The van der Waals surface area contributed by atoms with Gasteiger partial charge in [-0.1, -0.05) is 42.5 Å². The molecule has 0 spiro atoms. The van der Waals surface area contributed by atoms with E-state index in [0.717, 1.165) is 16.7 Å². The van der Waals surface area contributed by atoms with E-state index in [1.165, 1.54) is 13.1 Å². The minimum atomic E-state index is -0.394. The van der Waals surface area contributed by atoms with Gasteiger partial charge in [0.25, 0.3) is 5.56 Å². The molecule has 0 bridgehead atoms. The fourth-order valence-electron chi connectivity index (χ4n) is 3.47. The number of benzene rings is 3. The molecule has 0 saturated carbocycles. The Balaban J connectivity index is 1.77. The molecule has 1 aromatic heterocycles. The highest BCUT2D eigenvalue weighted by Gasteiger charge is 2.11. The van der Waals surface area contributed by atoms with E-state index in [9.17, 15) is 14.7 Å². The first kappa shape index (κ1) is 20.8. The molecule has 0 aliphatic carbocycles. The number of fused-ring (bicyclic) bond motifs is 1. The number of aromatic nitrogens is 1. The van der Waals surface area contributed by atoms with E-state index in [1.54, 1.807) is 30.3 Å². The first-order valence-electron chi connectivity index (χ1n) is 9.96. The number of pyridine rings is 1. The fraction of sp³-hybridized carbons (Fsp3) is 0.0769. The van der Waals surface area contributed by atoms with E-state index in [4.69, 9.17) is 5.26 Å². The van der Waals surface area contributed by atoms with E-state index in [-0.39, 0.29) is 11.7 Å². The van der Waals surface area contributed by atoms with Crippen LogP contribution in [0.25, 0.3) is 21.9 Å². The zero-order chi connectivity index (χ0) is 22.7. The Hall–Kier alpha value is -4.50. The Kier molecular flexibility index (Phi) is 5.65. The Bertz CT molecular complexity index is 1440. The number of carbonyl (C=O) groups is 1. The molecule has 4 aromatic rings. The van der Waals surface area contributed by atoms with Crippen LogP contribution >= 0.6 is 0 Å². The summed E-state index contributed by atoms with van der Waals surface area (Å²) in [6, 6.07) is 21.9. The van der Waals surface area contributed by atoms with Crippen LogP contribution in [0.1, 0.15) is 28.4 Å². The number of Topliss-reactive ketones (excluding diaryl/α,β-unsaturated/α-hetero) is 1. The summed E-state index contributed by atoms with van der Waals surface area (Å²) < 4.78 is 0. The molecule has 6 nitrogen and oxygen atoms in total.